The number of ether oxygens (including phenoxy) is 2. The SMILES string of the molecule is Cc1ccc(OC(=O)C#CC#CC(=O)Oc2ccc(C)cc2)cc1. The van der Waals surface area contributed by atoms with E-state index < -0.39 is 11.9 Å². The fraction of sp³-hybridized carbons (Fsp3) is 0.100. The Bertz CT molecular complexity index is 779. The number of hydrogen-bond acceptors (Lipinski definition) is 4. The first-order chi connectivity index (χ1) is 11.5. The minimum absolute atomic E-state index is 0.395. The number of aryl methyl sites for hydroxylation is 2. The molecule has 0 unspecified atom stereocenters. The first-order valence-corrected chi connectivity index (χ1v) is 7.12. The Kier molecular flexibility index (Phi) is 5.77. The van der Waals surface area contributed by atoms with Crippen LogP contribution in [-0.4, -0.2) is 11.9 Å². The average Bonchev–Trinajstić information content (AvgIpc) is 2.56. The van der Waals surface area contributed by atoms with Gasteiger partial charge in [-0.1, -0.05) is 35.4 Å². The maximum atomic E-state index is 11.5. The van der Waals surface area contributed by atoms with Crippen LogP contribution in [-0.2, 0) is 9.59 Å². The molecule has 0 spiro atoms. The minimum atomic E-state index is -0.750. The van der Waals surface area contributed by atoms with Crippen LogP contribution in [0.25, 0.3) is 0 Å². The van der Waals surface area contributed by atoms with Crippen molar-refractivity contribution in [3.63, 3.8) is 0 Å². The van der Waals surface area contributed by atoms with Gasteiger partial charge in [0.15, 0.2) is 0 Å². The number of carbonyl (C=O) groups is 2. The molecular weight excluding hydrogens is 304 g/mol. The van der Waals surface area contributed by atoms with Gasteiger partial charge < -0.3 is 9.47 Å². The molecule has 2 rings (SSSR count). The van der Waals surface area contributed by atoms with Gasteiger partial charge in [0.05, 0.1) is 0 Å². The van der Waals surface area contributed by atoms with Crippen molar-refractivity contribution in [3.8, 4) is 35.2 Å². The molecule has 24 heavy (non-hydrogen) atoms. The van der Waals surface area contributed by atoms with Crippen LogP contribution in [0.4, 0.5) is 0 Å². The van der Waals surface area contributed by atoms with E-state index in [0.717, 1.165) is 11.1 Å². The van der Waals surface area contributed by atoms with E-state index in [1.54, 1.807) is 24.3 Å². The van der Waals surface area contributed by atoms with Crippen LogP contribution in [0.3, 0.4) is 0 Å². The normalized spacial score (nSPS) is 8.92. The number of carbonyl (C=O) groups excluding carboxylic acids is 2. The maximum absolute atomic E-state index is 11.5. The molecule has 0 bridgehead atoms. The van der Waals surface area contributed by atoms with Crippen molar-refractivity contribution in [3.05, 3.63) is 59.7 Å². The number of hydrogen-bond donors (Lipinski definition) is 0. The lowest BCUT2D eigenvalue weighted by Gasteiger charge is -1.99. The topological polar surface area (TPSA) is 52.6 Å². The quantitative estimate of drug-likeness (QED) is 0.370. The molecule has 0 aliphatic heterocycles. The fourth-order valence-electron chi connectivity index (χ4n) is 1.64. The molecule has 4 heteroatoms. The van der Waals surface area contributed by atoms with E-state index in [2.05, 4.69) is 23.7 Å². The van der Waals surface area contributed by atoms with Crippen LogP contribution in [0.1, 0.15) is 11.1 Å². The van der Waals surface area contributed by atoms with E-state index >= 15 is 0 Å². The first-order valence-electron chi connectivity index (χ1n) is 7.12. The summed E-state index contributed by atoms with van der Waals surface area (Å²) in [5.74, 6) is 8.16. The van der Waals surface area contributed by atoms with Crippen LogP contribution < -0.4 is 9.47 Å². The lowest BCUT2D eigenvalue weighted by Crippen LogP contribution is -2.05. The summed E-state index contributed by atoms with van der Waals surface area (Å²) in [6, 6.07) is 13.9. The zero-order valence-corrected chi connectivity index (χ0v) is 13.3. The summed E-state index contributed by atoms with van der Waals surface area (Å²) in [5, 5.41) is 0. The zero-order valence-electron chi connectivity index (χ0n) is 13.3. The second-order valence-electron chi connectivity index (χ2n) is 4.91. The standard InChI is InChI=1S/C20H14O4/c1-15-7-11-17(12-8-15)23-19(21)5-3-4-6-20(22)24-18-13-9-16(2)10-14-18/h7-14H,1-2H3. The van der Waals surface area contributed by atoms with Gasteiger partial charge in [-0.25, -0.2) is 9.59 Å². The summed E-state index contributed by atoms with van der Waals surface area (Å²) in [6.07, 6.45) is 0. The fourth-order valence-corrected chi connectivity index (χ4v) is 1.64. The van der Waals surface area contributed by atoms with Crippen molar-refractivity contribution in [1.82, 2.24) is 0 Å². The lowest BCUT2D eigenvalue weighted by molar-refractivity contribution is -0.129. The van der Waals surface area contributed by atoms with Crippen LogP contribution in [0, 0.1) is 37.5 Å². The molecule has 0 N–H and O–H groups in total. The Hall–Kier alpha value is -3.50. The largest absolute Gasteiger partial charge is 0.417 e. The monoisotopic (exact) mass is 318 g/mol. The molecule has 0 aliphatic carbocycles. The molecular formula is C20H14O4. The van der Waals surface area contributed by atoms with E-state index in [0.29, 0.717) is 11.5 Å². The third-order valence-electron chi connectivity index (χ3n) is 2.85. The second-order valence-corrected chi connectivity index (χ2v) is 4.91. The van der Waals surface area contributed by atoms with Gasteiger partial charge in [-0.2, -0.15) is 0 Å². The average molecular weight is 318 g/mol. The van der Waals surface area contributed by atoms with E-state index in [9.17, 15) is 9.59 Å². The van der Waals surface area contributed by atoms with Crippen molar-refractivity contribution < 1.29 is 19.1 Å². The van der Waals surface area contributed by atoms with E-state index in [1.165, 1.54) is 0 Å². The third kappa shape index (κ3) is 5.71. The van der Waals surface area contributed by atoms with E-state index in [1.807, 2.05) is 38.1 Å². The highest BCUT2D eigenvalue weighted by molar-refractivity contribution is 5.93. The Morgan fingerprint density at radius 3 is 1.33 bits per heavy atom. The molecule has 0 heterocycles. The summed E-state index contributed by atoms with van der Waals surface area (Å²) in [4.78, 5) is 23.0. The zero-order chi connectivity index (χ0) is 17.4. The predicted molar refractivity (Wildman–Crippen MR) is 89.2 cm³/mol. The number of esters is 2. The van der Waals surface area contributed by atoms with Gasteiger partial charge in [0.2, 0.25) is 0 Å². The molecule has 0 saturated heterocycles. The molecule has 4 nitrogen and oxygen atoms in total. The van der Waals surface area contributed by atoms with Crippen LogP contribution >= 0.6 is 0 Å². The Morgan fingerprint density at radius 2 is 1.00 bits per heavy atom. The number of benzene rings is 2. The molecule has 118 valence electrons. The van der Waals surface area contributed by atoms with Gasteiger partial charge in [-0.15, -0.1) is 0 Å². The highest BCUT2D eigenvalue weighted by atomic mass is 16.5. The Balaban J connectivity index is 1.86. The van der Waals surface area contributed by atoms with Crippen LogP contribution in [0.15, 0.2) is 48.5 Å². The van der Waals surface area contributed by atoms with Crippen LogP contribution in [0.2, 0.25) is 0 Å². The number of rotatable bonds is 2. The Morgan fingerprint density at radius 1 is 0.667 bits per heavy atom. The first kappa shape index (κ1) is 16.9. The highest BCUT2D eigenvalue weighted by Crippen LogP contribution is 2.12. The van der Waals surface area contributed by atoms with Gasteiger partial charge >= 0.3 is 11.9 Å². The predicted octanol–water partition coefficient (Wildman–Crippen LogP) is 2.82. The molecule has 2 aromatic rings. The molecule has 0 fully saturated rings. The molecule has 0 aromatic heterocycles. The lowest BCUT2D eigenvalue weighted by atomic mass is 10.2. The molecule has 2 aromatic carbocycles. The molecule has 0 radical (unpaired) electrons. The molecule has 0 atom stereocenters. The summed E-state index contributed by atoms with van der Waals surface area (Å²) in [6.45, 7) is 3.85. The van der Waals surface area contributed by atoms with Crippen molar-refractivity contribution in [2.24, 2.45) is 0 Å². The summed E-state index contributed by atoms with van der Waals surface area (Å²) in [5.41, 5.74) is 2.11. The molecule has 0 aliphatic rings. The smallest absolute Gasteiger partial charge is 0.390 e. The van der Waals surface area contributed by atoms with Crippen LogP contribution in [0.5, 0.6) is 11.5 Å². The van der Waals surface area contributed by atoms with Gasteiger partial charge in [0.25, 0.3) is 0 Å². The highest BCUT2D eigenvalue weighted by Gasteiger charge is 2.00. The minimum Gasteiger partial charge on any atom is -0.417 e. The molecule has 0 saturated carbocycles. The summed E-state index contributed by atoms with van der Waals surface area (Å²) < 4.78 is 9.97. The van der Waals surface area contributed by atoms with E-state index in [4.69, 9.17) is 9.47 Å². The van der Waals surface area contributed by atoms with Gasteiger partial charge in [0.1, 0.15) is 11.5 Å². The Labute approximate surface area is 140 Å². The summed E-state index contributed by atoms with van der Waals surface area (Å²) >= 11 is 0. The van der Waals surface area contributed by atoms with Crippen molar-refractivity contribution in [2.45, 2.75) is 13.8 Å². The second kappa shape index (κ2) is 8.22. The third-order valence-corrected chi connectivity index (χ3v) is 2.85. The van der Waals surface area contributed by atoms with Crippen molar-refractivity contribution in [1.29, 1.82) is 0 Å². The van der Waals surface area contributed by atoms with Gasteiger partial charge in [0, 0.05) is 11.8 Å². The molecule has 0 amide bonds. The maximum Gasteiger partial charge on any atom is 0.390 e. The van der Waals surface area contributed by atoms with E-state index in [-0.39, 0.29) is 0 Å². The summed E-state index contributed by atoms with van der Waals surface area (Å²) in [7, 11) is 0. The van der Waals surface area contributed by atoms with Gasteiger partial charge in [-0.3, -0.25) is 0 Å². The van der Waals surface area contributed by atoms with Gasteiger partial charge in [-0.05, 0) is 50.0 Å². The van der Waals surface area contributed by atoms with Crippen molar-refractivity contribution in [2.75, 3.05) is 0 Å². The van der Waals surface area contributed by atoms with Crippen molar-refractivity contribution >= 4 is 11.9 Å².